The van der Waals surface area contributed by atoms with Crippen molar-refractivity contribution >= 4 is 38.8 Å². The lowest BCUT2D eigenvalue weighted by Gasteiger charge is -2.40. The van der Waals surface area contributed by atoms with Gasteiger partial charge in [0.05, 0.1) is 17.3 Å². The monoisotopic (exact) mass is 676 g/mol. The Hall–Kier alpha value is -4.90. The third kappa shape index (κ3) is 7.57. The van der Waals surface area contributed by atoms with Crippen molar-refractivity contribution in [2.75, 3.05) is 24.5 Å². The summed E-state index contributed by atoms with van der Waals surface area (Å²) in [5, 5.41) is 12.3. The number of halogens is 4. The van der Waals surface area contributed by atoms with Gasteiger partial charge in [0.25, 0.3) is 0 Å². The molecule has 0 saturated carbocycles. The topological polar surface area (TPSA) is 155 Å². The van der Waals surface area contributed by atoms with E-state index >= 15 is 0 Å². The van der Waals surface area contributed by atoms with Crippen LogP contribution in [0.15, 0.2) is 72.0 Å². The van der Waals surface area contributed by atoms with Crippen molar-refractivity contribution in [1.82, 2.24) is 24.6 Å². The van der Waals surface area contributed by atoms with Crippen molar-refractivity contribution in [1.29, 1.82) is 0 Å². The molecule has 47 heavy (non-hydrogen) atoms. The summed E-state index contributed by atoms with van der Waals surface area (Å²) < 4.78 is 84.3. The van der Waals surface area contributed by atoms with Crippen LogP contribution in [-0.2, 0) is 21.4 Å². The van der Waals surface area contributed by atoms with Gasteiger partial charge in [0.2, 0.25) is 15.9 Å². The SMILES string of the molecule is CCC(F)c1ccc(CNC(=O)[C@H]2CN(c3cnc4cncc(C(=O)O)c4n3)CCN2S(=O)(=O)c2ccc(OC(F)(F)F)cc2)cc1. The first-order valence-corrected chi connectivity index (χ1v) is 15.7. The summed E-state index contributed by atoms with van der Waals surface area (Å²) in [7, 11) is -4.43. The molecule has 1 unspecified atom stereocenters. The van der Waals surface area contributed by atoms with E-state index in [1.54, 1.807) is 36.1 Å². The summed E-state index contributed by atoms with van der Waals surface area (Å²) in [6.45, 7) is 1.23. The molecule has 1 aliphatic rings. The first-order chi connectivity index (χ1) is 22.3. The van der Waals surface area contributed by atoms with Gasteiger partial charge in [-0.2, -0.15) is 4.31 Å². The number of nitrogens with one attached hydrogen (secondary N) is 1. The van der Waals surface area contributed by atoms with Crippen LogP contribution in [-0.4, -0.2) is 76.7 Å². The molecule has 5 rings (SSSR count). The number of fused-ring (bicyclic) bond motifs is 1. The van der Waals surface area contributed by atoms with E-state index in [0.717, 1.165) is 34.8 Å². The number of amides is 1. The predicted molar refractivity (Wildman–Crippen MR) is 160 cm³/mol. The summed E-state index contributed by atoms with van der Waals surface area (Å²) >= 11 is 0. The van der Waals surface area contributed by atoms with Crippen LogP contribution < -0.4 is 15.0 Å². The second kappa shape index (κ2) is 13.4. The zero-order valence-electron chi connectivity index (χ0n) is 24.7. The molecular weight excluding hydrogens is 648 g/mol. The van der Waals surface area contributed by atoms with Crippen LogP contribution in [0.2, 0.25) is 0 Å². The van der Waals surface area contributed by atoms with E-state index in [2.05, 4.69) is 25.0 Å². The van der Waals surface area contributed by atoms with Crippen LogP contribution in [0.1, 0.15) is 41.0 Å². The highest BCUT2D eigenvalue weighted by molar-refractivity contribution is 7.89. The molecule has 2 N–H and O–H groups in total. The Balaban J connectivity index is 1.43. The van der Waals surface area contributed by atoms with E-state index in [-0.39, 0.29) is 53.5 Å². The van der Waals surface area contributed by atoms with Gasteiger partial charge in [0.1, 0.15) is 40.4 Å². The largest absolute Gasteiger partial charge is 0.573 e. The fraction of sp³-hybridized carbons (Fsp3) is 0.300. The van der Waals surface area contributed by atoms with Crippen molar-refractivity contribution in [2.24, 2.45) is 0 Å². The minimum absolute atomic E-state index is 0.00917. The molecule has 2 atom stereocenters. The van der Waals surface area contributed by atoms with Crippen molar-refractivity contribution in [3.05, 3.63) is 83.8 Å². The quantitative estimate of drug-likeness (QED) is 0.233. The van der Waals surface area contributed by atoms with Crippen LogP contribution in [0.5, 0.6) is 5.75 Å². The molecule has 17 heteroatoms. The molecule has 248 valence electrons. The minimum Gasteiger partial charge on any atom is -0.478 e. The average molecular weight is 677 g/mol. The maximum Gasteiger partial charge on any atom is 0.573 e. The zero-order chi connectivity index (χ0) is 33.9. The predicted octanol–water partition coefficient (Wildman–Crippen LogP) is 4.24. The zero-order valence-corrected chi connectivity index (χ0v) is 25.5. The van der Waals surface area contributed by atoms with E-state index in [9.17, 15) is 40.7 Å². The number of ether oxygens (including phenoxy) is 1. The number of anilines is 1. The van der Waals surface area contributed by atoms with E-state index < -0.39 is 46.2 Å². The lowest BCUT2D eigenvalue weighted by atomic mass is 10.1. The summed E-state index contributed by atoms with van der Waals surface area (Å²) in [4.78, 5) is 39.1. The molecule has 4 aromatic rings. The second-order valence-electron chi connectivity index (χ2n) is 10.5. The Bertz CT molecular complexity index is 1880. The average Bonchev–Trinajstić information content (AvgIpc) is 3.05. The minimum atomic E-state index is -4.97. The number of hydrogen-bond acceptors (Lipinski definition) is 9. The number of carbonyl (C=O) groups excluding carboxylic acids is 1. The van der Waals surface area contributed by atoms with Crippen LogP contribution in [0.25, 0.3) is 11.0 Å². The number of nitrogens with zero attached hydrogens (tertiary/aromatic N) is 5. The van der Waals surface area contributed by atoms with Crippen molar-refractivity contribution in [3.8, 4) is 5.75 Å². The number of carbonyl (C=O) groups is 2. The van der Waals surface area contributed by atoms with Gasteiger partial charge in [-0.25, -0.2) is 27.6 Å². The van der Waals surface area contributed by atoms with Gasteiger partial charge in [-0.1, -0.05) is 31.2 Å². The molecule has 0 radical (unpaired) electrons. The Labute approximate surface area is 266 Å². The number of aromatic nitrogens is 3. The molecule has 12 nitrogen and oxygen atoms in total. The number of pyridine rings is 1. The van der Waals surface area contributed by atoms with Gasteiger partial charge >= 0.3 is 12.3 Å². The van der Waals surface area contributed by atoms with Gasteiger partial charge in [-0.05, 0) is 41.8 Å². The fourth-order valence-electron chi connectivity index (χ4n) is 5.05. The number of aromatic carboxylic acids is 1. The van der Waals surface area contributed by atoms with Gasteiger partial charge in [0, 0.05) is 32.4 Å². The summed E-state index contributed by atoms with van der Waals surface area (Å²) in [6, 6.07) is 8.73. The highest BCUT2D eigenvalue weighted by Crippen LogP contribution is 2.29. The lowest BCUT2D eigenvalue weighted by molar-refractivity contribution is -0.274. The van der Waals surface area contributed by atoms with Crippen LogP contribution in [0.4, 0.5) is 23.4 Å². The third-order valence-corrected chi connectivity index (χ3v) is 9.38. The maximum atomic E-state index is 14.0. The fourth-order valence-corrected chi connectivity index (χ4v) is 6.62. The molecule has 0 spiro atoms. The Morgan fingerprint density at radius 2 is 1.77 bits per heavy atom. The van der Waals surface area contributed by atoms with Crippen molar-refractivity contribution in [2.45, 2.75) is 43.4 Å². The molecule has 0 bridgehead atoms. The molecule has 1 aliphatic heterocycles. The summed E-state index contributed by atoms with van der Waals surface area (Å²) in [5.41, 5.74) is 1.17. The van der Waals surface area contributed by atoms with Crippen LogP contribution >= 0.6 is 0 Å². The molecule has 3 heterocycles. The van der Waals surface area contributed by atoms with E-state index in [0.29, 0.717) is 17.5 Å². The normalized spacial score (nSPS) is 16.5. The van der Waals surface area contributed by atoms with Gasteiger partial charge < -0.3 is 20.1 Å². The maximum absolute atomic E-state index is 14.0. The van der Waals surface area contributed by atoms with Gasteiger partial charge in [-0.3, -0.25) is 9.78 Å². The number of piperazine rings is 1. The molecule has 2 aromatic heterocycles. The molecule has 1 amide bonds. The molecular formula is C30H28F4N6O6S. The molecule has 2 aromatic carbocycles. The Morgan fingerprint density at radius 1 is 1.06 bits per heavy atom. The molecule has 0 aliphatic carbocycles. The van der Waals surface area contributed by atoms with E-state index in [4.69, 9.17) is 0 Å². The highest BCUT2D eigenvalue weighted by Gasteiger charge is 2.41. The first kappa shape index (κ1) is 33.5. The van der Waals surface area contributed by atoms with Crippen molar-refractivity contribution in [3.63, 3.8) is 0 Å². The summed E-state index contributed by atoms with van der Waals surface area (Å²) in [6.07, 6.45) is -2.00. The lowest BCUT2D eigenvalue weighted by Crippen LogP contribution is -2.60. The third-order valence-electron chi connectivity index (χ3n) is 7.46. The Kier molecular flexibility index (Phi) is 9.58. The molecule has 1 fully saturated rings. The second-order valence-corrected chi connectivity index (χ2v) is 12.4. The number of benzene rings is 2. The number of sulfonamides is 1. The number of hydrogen-bond donors (Lipinski definition) is 2. The van der Waals surface area contributed by atoms with Gasteiger partial charge in [0.15, 0.2) is 0 Å². The van der Waals surface area contributed by atoms with Crippen LogP contribution in [0.3, 0.4) is 0 Å². The van der Waals surface area contributed by atoms with E-state index in [1.165, 1.54) is 12.4 Å². The van der Waals surface area contributed by atoms with Crippen molar-refractivity contribution < 1.29 is 45.4 Å². The number of rotatable bonds is 10. The number of carboxylic acids is 1. The summed E-state index contributed by atoms with van der Waals surface area (Å²) in [5.74, 6) is -2.41. The van der Waals surface area contributed by atoms with E-state index in [1.807, 2.05) is 0 Å². The number of alkyl halides is 4. The smallest absolute Gasteiger partial charge is 0.478 e. The Morgan fingerprint density at radius 3 is 2.40 bits per heavy atom. The first-order valence-electron chi connectivity index (χ1n) is 14.2. The standard InChI is InChI=1S/C30H28F4N6O6S/c1-2-23(31)19-5-3-18(4-6-19)13-37-28(41)25-17-39(26-16-36-24-15-35-14-22(29(42)43)27(24)38-26)11-12-40(25)47(44,45)21-9-7-20(8-10-21)46-30(32,33)34/h3-10,14-16,23,25H,2,11-13,17H2,1H3,(H,37,41)(H,42,43)/t23?,25-/m1/s1. The van der Waals surface area contributed by atoms with Gasteiger partial charge in [-0.15, -0.1) is 13.2 Å². The van der Waals surface area contributed by atoms with Crippen LogP contribution in [0, 0.1) is 0 Å². The highest BCUT2D eigenvalue weighted by atomic mass is 32.2. The molecule has 1 saturated heterocycles. The number of carboxylic acid groups (broad SMARTS) is 1.